The van der Waals surface area contributed by atoms with Crippen LogP contribution < -0.4 is 5.32 Å². The highest BCUT2D eigenvalue weighted by Crippen LogP contribution is 2.22. The molecule has 3 rings (SSSR count). The average molecular weight is 363 g/mol. The number of aryl methyl sites for hydroxylation is 1. The molecule has 2 amide bonds. The van der Waals surface area contributed by atoms with Crippen molar-refractivity contribution >= 4 is 23.4 Å². The van der Waals surface area contributed by atoms with Crippen molar-refractivity contribution in [3.05, 3.63) is 52.3 Å². The second-order valence-corrected chi connectivity index (χ2v) is 6.53. The van der Waals surface area contributed by atoms with Gasteiger partial charge in [0.25, 0.3) is 5.91 Å². The second-order valence-electron chi connectivity index (χ2n) is 6.09. The smallest absolute Gasteiger partial charge is 0.258 e. The molecule has 8 heteroatoms. The molecule has 0 saturated carbocycles. The number of benzene rings is 1. The lowest BCUT2D eigenvalue weighted by Crippen LogP contribution is -2.45. The molecule has 7 nitrogen and oxygen atoms in total. The van der Waals surface area contributed by atoms with Gasteiger partial charge in [0.1, 0.15) is 6.04 Å². The van der Waals surface area contributed by atoms with Crippen LogP contribution in [0.1, 0.15) is 28.0 Å². The van der Waals surface area contributed by atoms with E-state index in [1.165, 1.54) is 11.1 Å². The third kappa shape index (κ3) is 3.83. The van der Waals surface area contributed by atoms with Gasteiger partial charge in [-0.15, -0.1) is 0 Å². The summed E-state index contributed by atoms with van der Waals surface area (Å²) in [7, 11) is 0. The van der Waals surface area contributed by atoms with E-state index in [1.807, 2.05) is 12.1 Å². The quantitative estimate of drug-likeness (QED) is 0.762. The van der Waals surface area contributed by atoms with E-state index in [0.29, 0.717) is 22.8 Å². The number of nitrogens with zero attached hydrogens (tertiary/aromatic N) is 2. The van der Waals surface area contributed by atoms with Crippen LogP contribution in [-0.4, -0.2) is 50.7 Å². The van der Waals surface area contributed by atoms with Gasteiger partial charge in [-0.1, -0.05) is 23.7 Å². The van der Waals surface area contributed by atoms with Crippen molar-refractivity contribution in [2.45, 2.75) is 32.0 Å². The molecular weight excluding hydrogens is 344 g/mol. The first-order valence-corrected chi connectivity index (χ1v) is 8.35. The number of aliphatic hydroxyl groups is 1. The largest absolute Gasteiger partial charge is 0.391 e. The van der Waals surface area contributed by atoms with Crippen molar-refractivity contribution < 1.29 is 14.7 Å². The summed E-state index contributed by atoms with van der Waals surface area (Å²) in [6.45, 7) is 2.17. The van der Waals surface area contributed by atoms with Crippen molar-refractivity contribution in [1.82, 2.24) is 20.4 Å². The Bertz CT molecular complexity index is 774. The van der Waals surface area contributed by atoms with Gasteiger partial charge in [-0.25, -0.2) is 0 Å². The monoisotopic (exact) mass is 362 g/mol. The zero-order valence-electron chi connectivity index (χ0n) is 13.7. The van der Waals surface area contributed by atoms with Gasteiger partial charge in [0.2, 0.25) is 5.91 Å². The molecule has 0 spiro atoms. The van der Waals surface area contributed by atoms with Crippen molar-refractivity contribution in [1.29, 1.82) is 0 Å². The number of H-pyrrole nitrogens is 1. The Morgan fingerprint density at radius 3 is 2.76 bits per heavy atom. The highest BCUT2D eigenvalue weighted by atomic mass is 35.5. The van der Waals surface area contributed by atoms with E-state index in [-0.39, 0.29) is 24.8 Å². The first kappa shape index (κ1) is 17.4. The van der Waals surface area contributed by atoms with Crippen LogP contribution in [0.25, 0.3) is 0 Å². The minimum Gasteiger partial charge on any atom is -0.391 e. The van der Waals surface area contributed by atoms with E-state index in [9.17, 15) is 14.7 Å². The molecule has 2 heterocycles. The second kappa shape index (κ2) is 7.25. The number of hydrogen-bond donors (Lipinski definition) is 3. The van der Waals surface area contributed by atoms with E-state index in [0.717, 1.165) is 5.56 Å². The average Bonchev–Trinajstić information content (AvgIpc) is 3.19. The molecule has 0 radical (unpaired) electrons. The van der Waals surface area contributed by atoms with Crippen molar-refractivity contribution in [2.75, 3.05) is 6.54 Å². The lowest BCUT2D eigenvalue weighted by Gasteiger charge is -2.23. The molecule has 25 heavy (non-hydrogen) atoms. The minimum atomic E-state index is -0.720. The highest BCUT2D eigenvalue weighted by Gasteiger charge is 2.39. The number of nitrogens with one attached hydrogen (secondary N) is 2. The number of halogens is 1. The maximum absolute atomic E-state index is 12.7. The van der Waals surface area contributed by atoms with Crippen molar-refractivity contribution in [3.63, 3.8) is 0 Å². The summed E-state index contributed by atoms with van der Waals surface area (Å²) in [5, 5.41) is 20.0. The summed E-state index contributed by atoms with van der Waals surface area (Å²) in [6.07, 6.45) is 1.00. The fraction of sp³-hybridized carbons (Fsp3) is 0.353. The number of aromatic nitrogens is 2. The van der Waals surface area contributed by atoms with Gasteiger partial charge in [-0.3, -0.25) is 14.7 Å². The Morgan fingerprint density at radius 2 is 2.12 bits per heavy atom. The molecule has 1 aromatic carbocycles. The van der Waals surface area contributed by atoms with E-state index in [2.05, 4.69) is 15.5 Å². The number of likely N-dealkylation sites (tertiary alicyclic amines) is 1. The normalized spacial score (nSPS) is 19.9. The number of hydrogen-bond acceptors (Lipinski definition) is 4. The van der Waals surface area contributed by atoms with Gasteiger partial charge in [0, 0.05) is 30.7 Å². The number of aliphatic hydroxyl groups excluding tert-OH is 1. The van der Waals surface area contributed by atoms with Gasteiger partial charge in [-0.2, -0.15) is 5.10 Å². The number of rotatable bonds is 4. The minimum absolute atomic E-state index is 0.127. The van der Waals surface area contributed by atoms with Crippen LogP contribution in [0.3, 0.4) is 0 Å². The Kier molecular flexibility index (Phi) is 5.06. The molecule has 132 valence electrons. The molecule has 0 aliphatic carbocycles. The summed E-state index contributed by atoms with van der Waals surface area (Å²) in [5.41, 5.74) is 1.87. The maximum atomic E-state index is 12.7. The zero-order chi connectivity index (χ0) is 18.0. The van der Waals surface area contributed by atoms with E-state index < -0.39 is 12.1 Å². The standard InChI is InChI=1S/C17H19ClN4O3/c1-10-14(8-20-21-10)17(25)22-9-13(23)6-15(22)16(24)19-7-11-2-4-12(18)5-3-11/h2-5,8,13,15,23H,6-7,9H2,1H3,(H,19,24)(H,20,21)/t13-,15+/m1/s1. The molecule has 1 aliphatic rings. The fourth-order valence-corrected chi connectivity index (χ4v) is 3.05. The Hall–Kier alpha value is -2.38. The Balaban J connectivity index is 1.68. The SMILES string of the molecule is Cc1n[nH]cc1C(=O)N1C[C@H](O)C[C@H]1C(=O)NCc1ccc(Cl)cc1. The number of carbonyl (C=O) groups is 2. The van der Waals surface area contributed by atoms with Crippen LogP contribution in [0.15, 0.2) is 30.5 Å². The molecule has 1 aromatic heterocycles. The van der Waals surface area contributed by atoms with Crippen LogP contribution in [-0.2, 0) is 11.3 Å². The number of β-amino-alcohol motifs (C(OH)–C–C–N with tert-alkyl or cyclic N) is 1. The van der Waals surface area contributed by atoms with Gasteiger partial charge in [0.05, 0.1) is 17.4 Å². The highest BCUT2D eigenvalue weighted by molar-refractivity contribution is 6.30. The molecule has 2 aromatic rings. The molecular formula is C17H19ClN4O3. The van der Waals surface area contributed by atoms with Gasteiger partial charge < -0.3 is 15.3 Å². The number of amides is 2. The molecule has 1 fully saturated rings. The maximum Gasteiger partial charge on any atom is 0.258 e. The summed E-state index contributed by atoms with van der Waals surface area (Å²) in [5.74, 6) is -0.601. The Labute approximate surface area is 150 Å². The van der Waals surface area contributed by atoms with Gasteiger partial charge in [-0.05, 0) is 24.6 Å². The zero-order valence-corrected chi connectivity index (χ0v) is 14.5. The van der Waals surface area contributed by atoms with E-state index in [4.69, 9.17) is 11.6 Å². The first-order chi connectivity index (χ1) is 12.0. The predicted molar refractivity (Wildman–Crippen MR) is 92.1 cm³/mol. The summed E-state index contributed by atoms with van der Waals surface area (Å²) < 4.78 is 0. The summed E-state index contributed by atoms with van der Waals surface area (Å²) in [4.78, 5) is 26.6. The molecule has 0 bridgehead atoms. The first-order valence-electron chi connectivity index (χ1n) is 7.97. The van der Waals surface area contributed by atoms with Crippen molar-refractivity contribution in [2.24, 2.45) is 0 Å². The van der Waals surface area contributed by atoms with Crippen LogP contribution in [0.5, 0.6) is 0 Å². The number of carbonyl (C=O) groups excluding carboxylic acids is 2. The molecule has 1 aliphatic heterocycles. The predicted octanol–water partition coefficient (Wildman–Crippen LogP) is 1.26. The third-order valence-corrected chi connectivity index (χ3v) is 4.54. The molecule has 3 N–H and O–H groups in total. The lowest BCUT2D eigenvalue weighted by atomic mass is 10.1. The molecule has 2 atom stereocenters. The number of aromatic amines is 1. The van der Waals surface area contributed by atoms with Crippen LogP contribution >= 0.6 is 11.6 Å². The lowest BCUT2D eigenvalue weighted by molar-refractivity contribution is -0.125. The van der Waals surface area contributed by atoms with Gasteiger partial charge in [0.15, 0.2) is 0 Å². The van der Waals surface area contributed by atoms with Crippen LogP contribution in [0.4, 0.5) is 0 Å². The fourth-order valence-electron chi connectivity index (χ4n) is 2.93. The van der Waals surface area contributed by atoms with Crippen LogP contribution in [0, 0.1) is 6.92 Å². The van der Waals surface area contributed by atoms with Crippen LogP contribution in [0.2, 0.25) is 5.02 Å². The van der Waals surface area contributed by atoms with E-state index >= 15 is 0 Å². The summed E-state index contributed by atoms with van der Waals surface area (Å²) in [6, 6.07) is 6.44. The third-order valence-electron chi connectivity index (χ3n) is 4.28. The molecule has 1 saturated heterocycles. The van der Waals surface area contributed by atoms with E-state index in [1.54, 1.807) is 19.1 Å². The van der Waals surface area contributed by atoms with Gasteiger partial charge >= 0.3 is 0 Å². The topological polar surface area (TPSA) is 98.3 Å². The molecule has 0 unspecified atom stereocenters. The summed E-state index contributed by atoms with van der Waals surface area (Å²) >= 11 is 5.84. The van der Waals surface area contributed by atoms with Crippen molar-refractivity contribution in [3.8, 4) is 0 Å². The Morgan fingerprint density at radius 1 is 1.40 bits per heavy atom.